The van der Waals surface area contributed by atoms with Gasteiger partial charge in [0.25, 0.3) is 0 Å². The topological polar surface area (TPSA) is 71.7 Å². The summed E-state index contributed by atoms with van der Waals surface area (Å²) in [7, 11) is -2.00. The number of halogens is 1. The first-order valence-electron chi connectivity index (χ1n) is 7.78. The summed E-state index contributed by atoms with van der Waals surface area (Å²) in [6.45, 7) is 5.99. The zero-order valence-corrected chi connectivity index (χ0v) is 16.6. The van der Waals surface area contributed by atoms with Crippen LogP contribution in [0.5, 0.6) is 11.5 Å². The fourth-order valence-corrected chi connectivity index (χ4v) is 3.17. The van der Waals surface area contributed by atoms with Crippen LogP contribution in [-0.4, -0.2) is 24.7 Å². The number of carbonyl (C=O) groups is 1. The number of benzene rings is 1. The van der Waals surface area contributed by atoms with Crippen LogP contribution in [0.2, 0.25) is 19.6 Å². The number of amides is 1. The molecule has 0 unspecified atom stereocenters. The molecule has 0 saturated heterocycles. The minimum Gasteiger partial charge on any atom is -0.538 e. The Morgan fingerprint density at radius 2 is 1.96 bits per heavy atom. The maximum atomic E-state index is 12.0. The predicted octanol–water partition coefficient (Wildman–Crippen LogP) is 4.98. The number of rotatable bonds is 7. The molecule has 2 N–H and O–H groups in total. The van der Waals surface area contributed by atoms with E-state index in [1.807, 2.05) is 50.0 Å². The highest BCUT2D eigenvalue weighted by Crippen LogP contribution is 2.47. The Kier molecular flexibility index (Phi) is 6.12. The van der Waals surface area contributed by atoms with Crippen molar-refractivity contribution in [3.63, 3.8) is 0 Å². The lowest BCUT2D eigenvalue weighted by atomic mass is 10.1. The Morgan fingerprint density at radius 3 is 2.54 bits per heavy atom. The van der Waals surface area contributed by atoms with Crippen molar-refractivity contribution in [2.24, 2.45) is 0 Å². The van der Waals surface area contributed by atoms with E-state index in [9.17, 15) is 9.90 Å². The standard InChI is InChI=1S/C17H22BrNO4Si/c1-24(2,3)23-16-14(21)15(12-8-5-4-6-9-12)22-17(16)19-13(20)10-7-11-18/h4-6,8-9,21H,7,10-11H2,1-3H3,(H,19,20). The molecule has 0 aliphatic rings. The predicted molar refractivity (Wildman–Crippen MR) is 101 cm³/mol. The molecule has 0 radical (unpaired) electrons. The van der Waals surface area contributed by atoms with Crippen LogP contribution in [0.1, 0.15) is 12.8 Å². The lowest BCUT2D eigenvalue weighted by Crippen LogP contribution is -2.29. The third kappa shape index (κ3) is 4.88. The molecule has 0 atom stereocenters. The fraction of sp³-hybridized carbons (Fsp3) is 0.353. The summed E-state index contributed by atoms with van der Waals surface area (Å²) in [6.07, 6.45) is 1.08. The summed E-state index contributed by atoms with van der Waals surface area (Å²) in [5.41, 5.74) is 0.719. The molecule has 1 amide bonds. The van der Waals surface area contributed by atoms with Crippen LogP contribution in [0.4, 0.5) is 5.88 Å². The van der Waals surface area contributed by atoms with Crippen molar-refractivity contribution >= 4 is 36.0 Å². The van der Waals surface area contributed by atoms with Crippen molar-refractivity contribution in [2.75, 3.05) is 10.6 Å². The largest absolute Gasteiger partial charge is 0.538 e. The Hall–Kier alpha value is -1.73. The van der Waals surface area contributed by atoms with Crippen molar-refractivity contribution in [1.82, 2.24) is 0 Å². The molecule has 7 heteroatoms. The summed E-state index contributed by atoms with van der Waals surface area (Å²) >= 11 is 3.30. The van der Waals surface area contributed by atoms with Gasteiger partial charge < -0.3 is 13.9 Å². The van der Waals surface area contributed by atoms with Gasteiger partial charge in [0.2, 0.25) is 31.6 Å². The molecular weight excluding hydrogens is 390 g/mol. The minimum absolute atomic E-state index is 0.0839. The normalized spacial score (nSPS) is 11.3. The van der Waals surface area contributed by atoms with Gasteiger partial charge in [-0.25, -0.2) is 0 Å². The SMILES string of the molecule is C[Si](C)(C)Oc1c(NC(=O)CCCBr)oc(-c2ccccc2)c1O. The van der Waals surface area contributed by atoms with E-state index in [1.165, 1.54) is 0 Å². The molecule has 5 nitrogen and oxygen atoms in total. The fourth-order valence-electron chi connectivity index (χ4n) is 2.09. The van der Waals surface area contributed by atoms with Crippen LogP contribution in [-0.2, 0) is 4.79 Å². The molecule has 0 fully saturated rings. The summed E-state index contributed by atoms with van der Waals surface area (Å²) in [5, 5.41) is 14.0. The average molecular weight is 412 g/mol. The van der Waals surface area contributed by atoms with Gasteiger partial charge in [-0.2, -0.15) is 0 Å². The molecule has 0 spiro atoms. The molecular formula is C17H22BrNO4Si. The van der Waals surface area contributed by atoms with Gasteiger partial charge in [-0.3, -0.25) is 10.1 Å². The molecule has 1 aromatic carbocycles. The van der Waals surface area contributed by atoms with Crippen LogP contribution >= 0.6 is 15.9 Å². The van der Waals surface area contributed by atoms with Gasteiger partial charge in [-0.15, -0.1) is 0 Å². The van der Waals surface area contributed by atoms with Crippen molar-refractivity contribution in [3.05, 3.63) is 30.3 Å². The third-order valence-corrected chi connectivity index (χ3v) is 4.45. The zero-order chi connectivity index (χ0) is 17.7. The summed E-state index contributed by atoms with van der Waals surface area (Å²) in [5.74, 6) is 0.399. The van der Waals surface area contributed by atoms with Gasteiger partial charge >= 0.3 is 0 Å². The maximum absolute atomic E-state index is 12.0. The van der Waals surface area contributed by atoms with Crippen molar-refractivity contribution < 1.29 is 18.7 Å². The number of carbonyl (C=O) groups excluding carboxylic acids is 1. The van der Waals surface area contributed by atoms with E-state index in [0.29, 0.717) is 18.6 Å². The van der Waals surface area contributed by atoms with Crippen molar-refractivity contribution in [2.45, 2.75) is 32.5 Å². The van der Waals surface area contributed by atoms with Crippen LogP contribution in [0, 0.1) is 0 Å². The third-order valence-electron chi connectivity index (χ3n) is 3.08. The lowest BCUT2D eigenvalue weighted by Gasteiger charge is -2.18. The van der Waals surface area contributed by atoms with E-state index in [-0.39, 0.29) is 23.3 Å². The summed E-state index contributed by atoms with van der Waals surface area (Å²) < 4.78 is 11.7. The van der Waals surface area contributed by atoms with Crippen molar-refractivity contribution in [1.29, 1.82) is 0 Å². The quantitative estimate of drug-likeness (QED) is 0.497. The minimum atomic E-state index is -2.00. The van der Waals surface area contributed by atoms with Crippen LogP contribution in [0.15, 0.2) is 34.7 Å². The number of hydrogen-bond donors (Lipinski definition) is 2. The van der Waals surface area contributed by atoms with Crippen LogP contribution in [0.25, 0.3) is 11.3 Å². The molecule has 0 aliphatic heterocycles. The van der Waals surface area contributed by atoms with Gasteiger partial charge in [0.1, 0.15) is 0 Å². The Labute approximate surface area is 151 Å². The number of aromatic hydroxyl groups is 1. The molecule has 1 heterocycles. The number of nitrogens with one attached hydrogen (secondary N) is 1. The highest BCUT2D eigenvalue weighted by atomic mass is 79.9. The van der Waals surface area contributed by atoms with Crippen LogP contribution < -0.4 is 9.74 Å². The molecule has 0 saturated carbocycles. The Balaban J connectivity index is 2.38. The summed E-state index contributed by atoms with van der Waals surface area (Å²) in [6, 6.07) is 9.24. The monoisotopic (exact) mass is 411 g/mol. The van der Waals surface area contributed by atoms with E-state index in [4.69, 9.17) is 8.84 Å². The van der Waals surface area contributed by atoms with E-state index >= 15 is 0 Å². The second kappa shape index (κ2) is 7.89. The molecule has 130 valence electrons. The molecule has 0 bridgehead atoms. The van der Waals surface area contributed by atoms with E-state index in [0.717, 1.165) is 10.9 Å². The molecule has 2 rings (SSSR count). The lowest BCUT2D eigenvalue weighted by molar-refractivity contribution is -0.116. The van der Waals surface area contributed by atoms with E-state index in [2.05, 4.69) is 21.2 Å². The summed E-state index contributed by atoms with van der Waals surface area (Å²) in [4.78, 5) is 12.0. The van der Waals surface area contributed by atoms with Gasteiger partial charge in [-0.05, 0) is 26.1 Å². The molecule has 0 aliphatic carbocycles. The highest BCUT2D eigenvalue weighted by Gasteiger charge is 2.28. The second-order valence-corrected chi connectivity index (χ2v) is 11.6. The average Bonchev–Trinajstić information content (AvgIpc) is 2.81. The smallest absolute Gasteiger partial charge is 0.245 e. The highest BCUT2D eigenvalue weighted by molar-refractivity contribution is 9.09. The number of hydrogen-bond acceptors (Lipinski definition) is 4. The second-order valence-electron chi connectivity index (χ2n) is 6.36. The number of anilines is 1. The molecule has 1 aromatic heterocycles. The Bertz CT molecular complexity index is 695. The van der Waals surface area contributed by atoms with E-state index < -0.39 is 8.32 Å². The van der Waals surface area contributed by atoms with Gasteiger partial charge in [-0.1, -0.05) is 46.3 Å². The van der Waals surface area contributed by atoms with Gasteiger partial charge in [0.15, 0.2) is 5.76 Å². The molecule has 24 heavy (non-hydrogen) atoms. The Morgan fingerprint density at radius 1 is 1.29 bits per heavy atom. The van der Waals surface area contributed by atoms with Gasteiger partial charge in [0.05, 0.1) is 0 Å². The first kappa shape index (κ1) is 18.6. The van der Waals surface area contributed by atoms with Crippen molar-refractivity contribution in [3.8, 4) is 22.8 Å². The maximum Gasteiger partial charge on any atom is 0.245 e. The first-order valence-corrected chi connectivity index (χ1v) is 12.3. The number of furan rings is 1. The first-order chi connectivity index (χ1) is 11.3. The zero-order valence-electron chi connectivity index (χ0n) is 14.1. The molecule has 2 aromatic rings. The van der Waals surface area contributed by atoms with Crippen LogP contribution in [0.3, 0.4) is 0 Å². The van der Waals surface area contributed by atoms with E-state index in [1.54, 1.807) is 0 Å². The van der Waals surface area contributed by atoms with Gasteiger partial charge in [0, 0.05) is 17.3 Å². The number of alkyl halides is 1.